The second-order valence-corrected chi connectivity index (χ2v) is 9.21. The van der Waals surface area contributed by atoms with Crippen molar-refractivity contribution in [2.45, 2.75) is 4.90 Å². The van der Waals surface area contributed by atoms with E-state index in [1.165, 1.54) is 36.4 Å². The molecule has 0 aliphatic carbocycles. The van der Waals surface area contributed by atoms with Crippen molar-refractivity contribution < 1.29 is 12.8 Å². The molecular formula is C21H12Cl3NO4S. The van der Waals surface area contributed by atoms with Gasteiger partial charge in [-0.3, -0.25) is 4.79 Å². The average Bonchev–Trinajstić information content (AvgIpc) is 2.71. The zero-order valence-electron chi connectivity index (χ0n) is 15.0. The van der Waals surface area contributed by atoms with Gasteiger partial charge in [0.15, 0.2) is 0 Å². The third kappa shape index (κ3) is 3.73. The molecule has 0 spiro atoms. The first kappa shape index (κ1) is 20.9. The lowest BCUT2D eigenvalue weighted by atomic mass is 9.98. The zero-order chi connectivity index (χ0) is 21.6. The smallest absolute Gasteiger partial charge is 0.238 e. The topological polar surface area (TPSA) is 90.4 Å². The Morgan fingerprint density at radius 2 is 1.43 bits per heavy atom. The Kier molecular flexibility index (Phi) is 5.38. The van der Waals surface area contributed by atoms with E-state index in [1.54, 1.807) is 24.3 Å². The zero-order valence-corrected chi connectivity index (χ0v) is 18.1. The maximum atomic E-state index is 13.4. The molecule has 30 heavy (non-hydrogen) atoms. The lowest BCUT2D eigenvalue weighted by molar-refractivity contribution is 0.597. The average molecular weight is 481 g/mol. The summed E-state index contributed by atoms with van der Waals surface area (Å²) in [4.78, 5) is 13.3. The first-order valence-electron chi connectivity index (χ1n) is 8.51. The molecule has 5 nitrogen and oxygen atoms in total. The molecule has 1 heterocycles. The van der Waals surface area contributed by atoms with Gasteiger partial charge in [0.25, 0.3) is 0 Å². The van der Waals surface area contributed by atoms with Gasteiger partial charge in [0.05, 0.1) is 30.9 Å². The molecule has 0 atom stereocenters. The van der Waals surface area contributed by atoms with Crippen LogP contribution in [-0.4, -0.2) is 8.42 Å². The van der Waals surface area contributed by atoms with Crippen molar-refractivity contribution in [3.63, 3.8) is 0 Å². The van der Waals surface area contributed by atoms with E-state index in [2.05, 4.69) is 0 Å². The highest BCUT2D eigenvalue weighted by Gasteiger charge is 2.20. The number of sulfonamides is 1. The number of para-hydroxylation sites is 1. The van der Waals surface area contributed by atoms with E-state index >= 15 is 0 Å². The van der Waals surface area contributed by atoms with Crippen LogP contribution in [0, 0.1) is 0 Å². The van der Waals surface area contributed by atoms with Crippen LogP contribution < -0.4 is 10.6 Å². The van der Waals surface area contributed by atoms with Crippen molar-refractivity contribution in [3.05, 3.63) is 86.0 Å². The quantitative estimate of drug-likeness (QED) is 0.379. The summed E-state index contributed by atoms with van der Waals surface area (Å²) >= 11 is 18.4. The van der Waals surface area contributed by atoms with E-state index in [4.69, 9.17) is 44.4 Å². The molecule has 0 bridgehead atoms. The number of primary sulfonamides is 1. The lowest BCUT2D eigenvalue weighted by Gasteiger charge is -2.12. The Balaban J connectivity index is 2.06. The Morgan fingerprint density at radius 3 is 2.03 bits per heavy atom. The van der Waals surface area contributed by atoms with Gasteiger partial charge in [-0.2, -0.15) is 0 Å². The van der Waals surface area contributed by atoms with Crippen molar-refractivity contribution >= 4 is 55.8 Å². The highest BCUT2D eigenvalue weighted by molar-refractivity contribution is 7.89. The first-order chi connectivity index (χ1) is 14.2. The molecule has 1 aromatic heterocycles. The fourth-order valence-electron chi connectivity index (χ4n) is 3.10. The number of rotatable bonds is 3. The van der Waals surface area contributed by atoms with Crippen molar-refractivity contribution in [1.29, 1.82) is 0 Å². The number of hydrogen-bond donors (Lipinski definition) is 1. The van der Waals surface area contributed by atoms with E-state index in [0.717, 1.165) is 0 Å². The Morgan fingerprint density at radius 1 is 0.833 bits per heavy atom. The van der Waals surface area contributed by atoms with Gasteiger partial charge in [-0.05, 0) is 54.1 Å². The Labute approximate surface area is 186 Å². The Bertz CT molecular complexity index is 1440. The highest BCUT2D eigenvalue weighted by Crippen LogP contribution is 2.38. The summed E-state index contributed by atoms with van der Waals surface area (Å²) in [6.45, 7) is 0. The Hall–Kier alpha value is -2.35. The normalized spacial score (nSPS) is 11.7. The summed E-state index contributed by atoms with van der Waals surface area (Å²) in [6, 6.07) is 15.5. The molecule has 0 saturated carbocycles. The standard InChI is InChI=1S/C21H12Cl3NO4S/c22-15-9-12(10-16(23)19(15)24)18-20(26)14-3-1-2-4-17(14)29-21(18)11-5-7-13(8-6-11)30(25,27)28/h1-10H,(H2,25,27,28). The van der Waals surface area contributed by atoms with Gasteiger partial charge in [0.1, 0.15) is 11.3 Å². The van der Waals surface area contributed by atoms with Crippen molar-refractivity contribution in [2.75, 3.05) is 0 Å². The van der Waals surface area contributed by atoms with E-state index in [-0.39, 0.29) is 36.7 Å². The summed E-state index contributed by atoms with van der Waals surface area (Å²) in [5, 5.41) is 6.08. The molecule has 9 heteroatoms. The van der Waals surface area contributed by atoms with E-state index in [9.17, 15) is 13.2 Å². The summed E-state index contributed by atoms with van der Waals surface area (Å²) in [7, 11) is -3.86. The van der Waals surface area contributed by atoms with E-state index in [0.29, 0.717) is 22.1 Å². The number of benzene rings is 3. The molecule has 0 amide bonds. The van der Waals surface area contributed by atoms with Crippen LogP contribution in [0.2, 0.25) is 15.1 Å². The maximum Gasteiger partial charge on any atom is 0.238 e. The van der Waals surface area contributed by atoms with Crippen molar-refractivity contribution in [1.82, 2.24) is 0 Å². The number of nitrogens with two attached hydrogens (primary N) is 1. The van der Waals surface area contributed by atoms with Crippen LogP contribution in [0.4, 0.5) is 0 Å². The number of fused-ring (bicyclic) bond motifs is 1. The van der Waals surface area contributed by atoms with Gasteiger partial charge in [-0.25, -0.2) is 13.6 Å². The second kappa shape index (κ2) is 7.72. The van der Waals surface area contributed by atoms with Gasteiger partial charge >= 0.3 is 0 Å². The van der Waals surface area contributed by atoms with E-state index < -0.39 is 10.0 Å². The monoisotopic (exact) mass is 479 g/mol. The van der Waals surface area contributed by atoms with Crippen LogP contribution in [-0.2, 0) is 10.0 Å². The SMILES string of the molecule is NS(=O)(=O)c1ccc(-c2oc3ccccc3c(=O)c2-c2cc(Cl)c(Cl)c(Cl)c2)cc1. The molecule has 0 radical (unpaired) electrons. The molecule has 0 aliphatic heterocycles. The third-order valence-electron chi connectivity index (χ3n) is 4.52. The van der Waals surface area contributed by atoms with Crippen molar-refractivity contribution in [2.24, 2.45) is 5.14 Å². The molecular weight excluding hydrogens is 469 g/mol. The molecule has 0 unspecified atom stereocenters. The van der Waals surface area contributed by atoms with Crippen LogP contribution in [0.5, 0.6) is 0 Å². The summed E-state index contributed by atoms with van der Waals surface area (Å²) < 4.78 is 29.2. The van der Waals surface area contributed by atoms with E-state index in [1.807, 2.05) is 0 Å². The molecule has 0 fully saturated rings. The van der Waals surface area contributed by atoms with Gasteiger partial charge in [-0.15, -0.1) is 0 Å². The third-order valence-corrected chi connectivity index (χ3v) is 6.64. The van der Waals surface area contributed by atoms with Crippen LogP contribution in [0.3, 0.4) is 0 Å². The van der Waals surface area contributed by atoms with Gasteiger partial charge in [0.2, 0.25) is 15.5 Å². The second-order valence-electron chi connectivity index (χ2n) is 6.45. The molecule has 3 aromatic carbocycles. The van der Waals surface area contributed by atoms with Gasteiger partial charge < -0.3 is 4.42 Å². The molecule has 152 valence electrons. The van der Waals surface area contributed by atoms with Crippen molar-refractivity contribution in [3.8, 4) is 22.5 Å². The van der Waals surface area contributed by atoms with Crippen LogP contribution in [0.15, 0.2) is 74.8 Å². The molecule has 4 aromatic rings. The minimum absolute atomic E-state index is 0.0616. The minimum atomic E-state index is -3.86. The summed E-state index contributed by atoms with van der Waals surface area (Å²) in [5.41, 5.74) is 1.19. The fourth-order valence-corrected chi connectivity index (χ4v) is 4.21. The van der Waals surface area contributed by atoms with Gasteiger partial charge in [-0.1, -0.05) is 46.9 Å². The first-order valence-corrected chi connectivity index (χ1v) is 11.2. The maximum absolute atomic E-state index is 13.4. The summed E-state index contributed by atoms with van der Waals surface area (Å²) in [6.07, 6.45) is 0. The van der Waals surface area contributed by atoms with Crippen LogP contribution in [0.25, 0.3) is 33.4 Å². The van der Waals surface area contributed by atoms with Crippen LogP contribution in [0.1, 0.15) is 0 Å². The molecule has 0 saturated heterocycles. The fraction of sp³-hybridized carbons (Fsp3) is 0. The predicted octanol–water partition coefficient (Wildman–Crippen LogP) is 5.73. The molecule has 2 N–H and O–H groups in total. The summed E-state index contributed by atoms with van der Waals surface area (Å²) in [5.74, 6) is 0.231. The minimum Gasteiger partial charge on any atom is -0.455 e. The molecule has 4 rings (SSSR count). The largest absolute Gasteiger partial charge is 0.455 e. The molecule has 0 aliphatic rings. The predicted molar refractivity (Wildman–Crippen MR) is 120 cm³/mol. The number of hydrogen-bond acceptors (Lipinski definition) is 4. The van der Waals surface area contributed by atoms with Gasteiger partial charge in [0, 0.05) is 5.56 Å². The lowest BCUT2D eigenvalue weighted by Crippen LogP contribution is -2.12. The number of halogens is 3. The highest BCUT2D eigenvalue weighted by atomic mass is 35.5. The van der Waals surface area contributed by atoms with Crippen LogP contribution >= 0.6 is 34.8 Å².